The molecule has 0 spiro atoms. The molecule has 112 valence electrons. The zero-order valence-electron chi connectivity index (χ0n) is 12.7. The van der Waals surface area contributed by atoms with E-state index >= 15 is 0 Å². The van der Waals surface area contributed by atoms with Gasteiger partial charge in [0.2, 0.25) is 0 Å². The summed E-state index contributed by atoms with van der Waals surface area (Å²) in [5.41, 5.74) is 6.94. The van der Waals surface area contributed by atoms with E-state index in [-0.39, 0.29) is 12.6 Å². The molecule has 0 radical (unpaired) electrons. The molecule has 0 aliphatic carbocycles. The molecule has 1 rings (SSSR count). The molecule has 7 heteroatoms. The molecule has 0 N–H and O–H groups in total. The Morgan fingerprint density at radius 1 is 1.60 bits per heavy atom. The van der Waals surface area contributed by atoms with Gasteiger partial charge in [0.15, 0.2) is 0 Å². The van der Waals surface area contributed by atoms with Crippen LogP contribution in [0.15, 0.2) is 17.3 Å². The van der Waals surface area contributed by atoms with E-state index in [0.717, 1.165) is 0 Å². The fourth-order valence-electron chi connectivity index (χ4n) is 1.94. The number of carbonyl (C=O) groups excluding carboxylic acids is 1. The van der Waals surface area contributed by atoms with Gasteiger partial charge in [-0.05, 0) is 40.1 Å². The number of hydrogen-bond acceptors (Lipinski definition) is 4. The molecule has 7 nitrogen and oxygen atoms in total. The van der Waals surface area contributed by atoms with Crippen LogP contribution in [0.4, 0.5) is 4.79 Å². The van der Waals surface area contributed by atoms with Gasteiger partial charge in [0, 0.05) is 11.5 Å². The first-order valence-corrected chi connectivity index (χ1v) is 6.51. The van der Waals surface area contributed by atoms with E-state index in [0.29, 0.717) is 6.61 Å². The van der Waals surface area contributed by atoms with Crippen molar-refractivity contribution in [3.63, 3.8) is 0 Å². The number of azide groups is 1. The summed E-state index contributed by atoms with van der Waals surface area (Å²) >= 11 is 0. The lowest BCUT2D eigenvalue weighted by Crippen LogP contribution is -2.49. The smallest absolute Gasteiger partial charge is 0.413 e. The Bertz CT molecular complexity index is 433. The third kappa shape index (κ3) is 4.43. The molecule has 1 fully saturated rings. The lowest BCUT2D eigenvalue weighted by atomic mass is 10.2. The van der Waals surface area contributed by atoms with E-state index in [1.807, 2.05) is 34.6 Å². The first kappa shape index (κ1) is 16.3. The molecule has 0 bridgehead atoms. The van der Waals surface area contributed by atoms with Gasteiger partial charge in [0.05, 0.1) is 12.6 Å². The fourth-order valence-corrected chi connectivity index (χ4v) is 1.94. The summed E-state index contributed by atoms with van der Waals surface area (Å²) in [6.45, 7) is 9.73. The largest absolute Gasteiger partial charge is 0.444 e. The first-order valence-electron chi connectivity index (χ1n) is 6.51. The predicted molar refractivity (Wildman–Crippen MR) is 75.0 cm³/mol. The molecule has 20 heavy (non-hydrogen) atoms. The molecule has 1 amide bonds. The van der Waals surface area contributed by atoms with Crippen molar-refractivity contribution >= 4 is 6.09 Å². The molecule has 1 heterocycles. The van der Waals surface area contributed by atoms with Crippen molar-refractivity contribution in [3.8, 4) is 0 Å². The fraction of sp³-hybridized carbons (Fsp3) is 0.769. The van der Waals surface area contributed by atoms with Gasteiger partial charge < -0.3 is 9.47 Å². The predicted octanol–water partition coefficient (Wildman–Crippen LogP) is 3.22. The Balaban J connectivity index is 2.82. The Hall–Kier alpha value is -1.72. The minimum atomic E-state index is -0.726. The second-order valence-electron chi connectivity index (χ2n) is 6.02. The highest BCUT2D eigenvalue weighted by Crippen LogP contribution is 2.29. The third-order valence-corrected chi connectivity index (χ3v) is 2.72. The second-order valence-corrected chi connectivity index (χ2v) is 6.02. The van der Waals surface area contributed by atoms with Crippen molar-refractivity contribution in [3.05, 3.63) is 22.6 Å². The molecular weight excluding hydrogens is 260 g/mol. The molecule has 0 aromatic heterocycles. The summed E-state index contributed by atoms with van der Waals surface area (Å²) in [6.07, 6.45) is 3.10. The summed E-state index contributed by atoms with van der Waals surface area (Å²) < 4.78 is 11.0. The van der Waals surface area contributed by atoms with Gasteiger partial charge >= 0.3 is 6.09 Å². The molecule has 1 atom stereocenters. The number of nitrogens with zero attached hydrogens (tertiary/aromatic N) is 4. The van der Waals surface area contributed by atoms with Gasteiger partial charge in [-0.15, -0.1) is 0 Å². The summed E-state index contributed by atoms with van der Waals surface area (Å²) in [4.78, 5) is 16.5. The van der Waals surface area contributed by atoms with Crippen LogP contribution in [0.3, 0.4) is 0 Å². The maximum Gasteiger partial charge on any atom is 0.413 e. The maximum atomic E-state index is 12.3. The number of ether oxygens (including phenoxy) is 2. The first-order chi connectivity index (χ1) is 9.17. The molecule has 0 saturated carbocycles. The van der Waals surface area contributed by atoms with Crippen LogP contribution in [0.5, 0.6) is 0 Å². The Labute approximate surface area is 119 Å². The van der Waals surface area contributed by atoms with Crippen LogP contribution in [0.2, 0.25) is 0 Å². The van der Waals surface area contributed by atoms with Crippen LogP contribution in [0.1, 0.15) is 34.6 Å². The van der Waals surface area contributed by atoms with Gasteiger partial charge in [-0.2, -0.15) is 0 Å². The number of rotatable bonds is 3. The zero-order valence-corrected chi connectivity index (χ0v) is 12.7. The highest BCUT2D eigenvalue weighted by molar-refractivity contribution is 5.70. The SMILES string of the molecule is CC(C)(C)OC(=O)N1[C@H](/C=C/CN=[N+]=[N-])COC1(C)C. The lowest BCUT2D eigenvalue weighted by molar-refractivity contribution is -0.0610. The molecule has 1 saturated heterocycles. The standard InChI is InChI=1S/C13H22N4O3/c1-12(2,3)20-11(18)17-10(7-6-8-15-16-14)9-19-13(17,4)5/h6-7,10H,8-9H2,1-5H3/b7-6+/t10-/m1/s1. The van der Waals surface area contributed by atoms with Crippen molar-refractivity contribution in [2.24, 2.45) is 5.11 Å². The normalized spacial score (nSPS) is 21.9. The van der Waals surface area contributed by atoms with Crippen LogP contribution in [-0.4, -0.2) is 41.5 Å². The Kier molecular flexibility index (Phi) is 5.03. The van der Waals surface area contributed by atoms with Crippen LogP contribution in [0, 0.1) is 0 Å². The highest BCUT2D eigenvalue weighted by Gasteiger charge is 2.44. The molecule has 1 aliphatic heterocycles. The molecule has 0 aromatic rings. The van der Waals surface area contributed by atoms with Crippen molar-refractivity contribution in [1.29, 1.82) is 0 Å². The van der Waals surface area contributed by atoms with Gasteiger partial charge in [-0.3, -0.25) is 4.90 Å². The van der Waals surface area contributed by atoms with Crippen molar-refractivity contribution in [1.82, 2.24) is 4.90 Å². The molecule has 0 unspecified atom stereocenters. The zero-order chi connectivity index (χ0) is 15.4. The van der Waals surface area contributed by atoms with Gasteiger partial charge in [-0.25, -0.2) is 4.79 Å². The van der Waals surface area contributed by atoms with Crippen molar-refractivity contribution < 1.29 is 14.3 Å². The quantitative estimate of drug-likeness (QED) is 0.344. The average Bonchev–Trinajstić information content (AvgIpc) is 2.58. The molecular formula is C13H22N4O3. The van der Waals surface area contributed by atoms with Gasteiger partial charge in [0.1, 0.15) is 11.3 Å². The highest BCUT2D eigenvalue weighted by atomic mass is 16.6. The van der Waals surface area contributed by atoms with E-state index in [2.05, 4.69) is 10.0 Å². The van der Waals surface area contributed by atoms with E-state index in [9.17, 15) is 4.79 Å². The number of amides is 1. The summed E-state index contributed by atoms with van der Waals surface area (Å²) in [5, 5.41) is 3.42. The van der Waals surface area contributed by atoms with E-state index < -0.39 is 17.4 Å². The molecule has 1 aliphatic rings. The van der Waals surface area contributed by atoms with Crippen LogP contribution >= 0.6 is 0 Å². The third-order valence-electron chi connectivity index (χ3n) is 2.72. The lowest BCUT2D eigenvalue weighted by Gasteiger charge is -2.34. The number of hydrogen-bond donors (Lipinski definition) is 0. The Morgan fingerprint density at radius 3 is 2.80 bits per heavy atom. The van der Waals surface area contributed by atoms with E-state index in [1.165, 1.54) is 0 Å². The molecule has 0 aromatic carbocycles. The number of carbonyl (C=O) groups is 1. The maximum absolute atomic E-state index is 12.3. The van der Waals surface area contributed by atoms with Crippen LogP contribution < -0.4 is 0 Å². The van der Waals surface area contributed by atoms with Gasteiger partial charge in [0.25, 0.3) is 0 Å². The van der Waals surface area contributed by atoms with E-state index in [1.54, 1.807) is 17.1 Å². The minimum absolute atomic E-state index is 0.228. The summed E-state index contributed by atoms with van der Waals surface area (Å²) in [6, 6.07) is -0.228. The van der Waals surface area contributed by atoms with Crippen LogP contribution in [-0.2, 0) is 9.47 Å². The van der Waals surface area contributed by atoms with Crippen molar-refractivity contribution in [2.45, 2.75) is 52.0 Å². The van der Waals surface area contributed by atoms with Crippen molar-refractivity contribution in [2.75, 3.05) is 13.2 Å². The second kappa shape index (κ2) is 6.15. The Morgan fingerprint density at radius 2 is 2.25 bits per heavy atom. The summed E-state index contributed by atoms with van der Waals surface area (Å²) in [5.74, 6) is 0. The average molecular weight is 282 g/mol. The van der Waals surface area contributed by atoms with Crippen LogP contribution in [0.25, 0.3) is 10.4 Å². The summed E-state index contributed by atoms with van der Waals surface area (Å²) in [7, 11) is 0. The topological polar surface area (TPSA) is 87.5 Å². The minimum Gasteiger partial charge on any atom is -0.444 e. The monoisotopic (exact) mass is 282 g/mol. The van der Waals surface area contributed by atoms with E-state index in [4.69, 9.17) is 15.0 Å². The van der Waals surface area contributed by atoms with Gasteiger partial charge in [-0.1, -0.05) is 17.3 Å².